The van der Waals surface area contributed by atoms with Gasteiger partial charge in [0.15, 0.2) is 0 Å². The third-order valence-electron chi connectivity index (χ3n) is 3.13. The number of nitrogens with one attached hydrogen (secondary N) is 1. The van der Waals surface area contributed by atoms with E-state index in [0.717, 1.165) is 12.1 Å². The minimum atomic E-state index is -4.66. The van der Waals surface area contributed by atoms with Gasteiger partial charge in [0.25, 0.3) is 20.2 Å². The molecule has 0 amide bonds. The maximum Gasteiger partial charge on any atom is 0.295 e. The van der Waals surface area contributed by atoms with Crippen molar-refractivity contribution in [3.8, 4) is 11.1 Å². The molecule has 0 unspecified atom stereocenters. The van der Waals surface area contributed by atoms with Crippen molar-refractivity contribution in [3.05, 3.63) is 42.7 Å². The highest BCUT2D eigenvalue weighted by Crippen LogP contribution is 2.34. The fourth-order valence-electron chi connectivity index (χ4n) is 2.08. The van der Waals surface area contributed by atoms with E-state index in [2.05, 4.69) is 20.6 Å². The maximum atomic E-state index is 11.5. The molecule has 0 spiro atoms. The van der Waals surface area contributed by atoms with Crippen LogP contribution in [0.3, 0.4) is 0 Å². The second-order valence-corrected chi connectivity index (χ2v) is 7.80. The van der Waals surface area contributed by atoms with Crippen LogP contribution in [0.5, 0.6) is 0 Å². The summed E-state index contributed by atoms with van der Waals surface area (Å²) in [6.07, 6.45) is 1.40. The molecular weight excluding hydrogens is 436 g/mol. The van der Waals surface area contributed by atoms with Gasteiger partial charge in [-0.2, -0.15) is 16.8 Å². The van der Waals surface area contributed by atoms with E-state index < -0.39 is 30.0 Å². The van der Waals surface area contributed by atoms with Gasteiger partial charge < -0.3 is 11.5 Å². The number of nitrogens with two attached hydrogens (primary N) is 2. The topological polar surface area (TPSA) is 215 Å². The van der Waals surface area contributed by atoms with Gasteiger partial charge in [-0.05, 0) is 34.7 Å². The van der Waals surface area contributed by atoms with E-state index in [1.807, 2.05) is 0 Å². The van der Waals surface area contributed by atoms with Crippen LogP contribution in [0.4, 0.5) is 11.4 Å². The van der Waals surface area contributed by atoms with Crippen LogP contribution >= 0.6 is 12.4 Å². The second-order valence-electron chi connectivity index (χ2n) is 5.02. The molecule has 7 N–H and O–H groups in total. The van der Waals surface area contributed by atoms with Gasteiger partial charge in [-0.15, -0.1) is 17.5 Å². The smallest absolute Gasteiger partial charge is 0.295 e. The summed E-state index contributed by atoms with van der Waals surface area (Å²) in [5.74, 6) is 0. The second kappa shape index (κ2) is 8.94. The van der Waals surface area contributed by atoms with Crippen molar-refractivity contribution in [2.45, 2.75) is 9.79 Å². The monoisotopic (exact) mass is 450 g/mol. The summed E-state index contributed by atoms with van der Waals surface area (Å²) >= 11 is 0. The van der Waals surface area contributed by atoms with Crippen LogP contribution in [0.2, 0.25) is 0 Å². The van der Waals surface area contributed by atoms with Crippen molar-refractivity contribution in [2.24, 2.45) is 0 Å². The van der Waals surface area contributed by atoms with Crippen LogP contribution in [0.1, 0.15) is 0 Å². The molecule has 152 valence electrons. The fourth-order valence-corrected chi connectivity index (χ4v) is 3.56. The molecule has 0 atom stereocenters. The lowest BCUT2D eigenvalue weighted by Gasteiger charge is -2.12. The Morgan fingerprint density at radius 2 is 1.25 bits per heavy atom. The first-order chi connectivity index (χ1) is 12.5. The number of benzene rings is 2. The minimum Gasteiger partial charge on any atom is -0.399 e. The molecule has 0 saturated heterocycles. The van der Waals surface area contributed by atoms with Crippen LogP contribution in [-0.4, -0.2) is 46.6 Å². The Balaban J connectivity index is 0.000000567. The molecule has 3 aromatic rings. The summed E-state index contributed by atoms with van der Waals surface area (Å²) in [6, 6.07) is 7.06. The van der Waals surface area contributed by atoms with Gasteiger partial charge in [0.1, 0.15) is 16.1 Å². The highest BCUT2D eigenvalue weighted by atomic mass is 35.5. The lowest BCUT2D eigenvalue weighted by Crippen LogP contribution is -2.06. The normalized spacial score (nSPS) is 11.1. The molecule has 15 heteroatoms. The molecule has 1 heterocycles. The van der Waals surface area contributed by atoms with E-state index in [9.17, 15) is 25.9 Å². The average Bonchev–Trinajstić information content (AvgIpc) is 3.13. The number of halogens is 1. The van der Waals surface area contributed by atoms with Crippen LogP contribution in [0.25, 0.3) is 11.1 Å². The van der Waals surface area contributed by atoms with Gasteiger partial charge in [-0.25, -0.2) is 5.10 Å². The Kier molecular flexibility index (Phi) is 7.43. The van der Waals surface area contributed by atoms with Crippen LogP contribution in [0, 0.1) is 0 Å². The molecule has 0 fully saturated rings. The zero-order chi connectivity index (χ0) is 20.2. The van der Waals surface area contributed by atoms with Crippen molar-refractivity contribution in [3.63, 3.8) is 0 Å². The van der Waals surface area contributed by atoms with Gasteiger partial charge in [0.2, 0.25) is 0 Å². The Morgan fingerprint density at radius 3 is 1.50 bits per heavy atom. The highest BCUT2D eigenvalue weighted by Gasteiger charge is 2.23. The first-order valence-corrected chi connectivity index (χ1v) is 9.79. The quantitative estimate of drug-likeness (QED) is 0.275. The molecule has 0 aliphatic carbocycles. The number of hydrogen-bond donors (Lipinski definition) is 5. The van der Waals surface area contributed by atoms with Gasteiger partial charge in [-0.1, -0.05) is 12.1 Å². The minimum absolute atomic E-state index is 0. The predicted molar refractivity (Wildman–Crippen MR) is 102 cm³/mol. The SMILES string of the molecule is Cl.Nc1ccc(-c2ccc(N)cc2S(=O)(=O)O)c(S(=O)(=O)O)c1.c1nnn[nH]1. The first kappa shape index (κ1) is 23.3. The van der Waals surface area contributed by atoms with E-state index in [-0.39, 0.29) is 34.9 Å². The van der Waals surface area contributed by atoms with Gasteiger partial charge >= 0.3 is 0 Å². The maximum absolute atomic E-state index is 11.5. The van der Waals surface area contributed by atoms with E-state index in [4.69, 9.17) is 11.5 Å². The van der Waals surface area contributed by atoms with E-state index in [1.165, 1.54) is 30.6 Å². The third kappa shape index (κ3) is 5.86. The van der Waals surface area contributed by atoms with Crippen molar-refractivity contribution < 1.29 is 25.9 Å². The van der Waals surface area contributed by atoms with Crippen molar-refractivity contribution in [1.29, 1.82) is 0 Å². The van der Waals surface area contributed by atoms with Crippen molar-refractivity contribution in [1.82, 2.24) is 20.6 Å². The Morgan fingerprint density at radius 1 is 0.821 bits per heavy atom. The molecule has 1 aromatic heterocycles. The van der Waals surface area contributed by atoms with E-state index >= 15 is 0 Å². The molecule has 0 aliphatic heterocycles. The number of aromatic nitrogens is 4. The molecular formula is C13H15ClN6O6S2. The average molecular weight is 451 g/mol. The van der Waals surface area contributed by atoms with Crippen LogP contribution < -0.4 is 11.5 Å². The number of aromatic amines is 1. The predicted octanol–water partition coefficient (Wildman–Crippen LogP) is 0.633. The number of anilines is 2. The highest BCUT2D eigenvalue weighted by molar-refractivity contribution is 7.86. The molecule has 0 saturated carbocycles. The standard InChI is InChI=1S/C12H12N2O6S2.CH2N4.ClH/c13-7-1-3-9(11(5-7)21(15,16)17)10-4-2-8(14)6-12(10)22(18,19)20;1-2-4-5-3-1;/h1-6H,13-14H2,(H,15,16,17)(H,18,19,20);1H,(H,2,3,4,5);1H. The van der Waals surface area contributed by atoms with E-state index in [0.29, 0.717) is 0 Å². The van der Waals surface area contributed by atoms with Gasteiger partial charge in [0, 0.05) is 22.5 Å². The number of rotatable bonds is 3. The molecule has 28 heavy (non-hydrogen) atoms. The summed E-state index contributed by atoms with van der Waals surface area (Å²) < 4.78 is 64.4. The summed E-state index contributed by atoms with van der Waals surface area (Å²) in [5, 5.41) is 12.1. The molecule has 0 bridgehead atoms. The number of H-pyrrole nitrogens is 1. The molecule has 0 aliphatic rings. The van der Waals surface area contributed by atoms with Gasteiger partial charge in [0.05, 0.1) is 0 Å². The van der Waals surface area contributed by atoms with Gasteiger partial charge in [-0.3, -0.25) is 9.11 Å². The number of nitrogen functional groups attached to an aromatic ring is 2. The van der Waals surface area contributed by atoms with Crippen molar-refractivity contribution in [2.75, 3.05) is 11.5 Å². The molecule has 0 radical (unpaired) electrons. The lowest BCUT2D eigenvalue weighted by molar-refractivity contribution is 0.480. The molecule has 3 rings (SSSR count). The lowest BCUT2D eigenvalue weighted by atomic mass is 10.0. The number of nitrogens with zero attached hydrogens (tertiary/aromatic N) is 3. The first-order valence-electron chi connectivity index (χ1n) is 6.91. The zero-order valence-corrected chi connectivity index (χ0v) is 16.2. The molecule has 12 nitrogen and oxygen atoms in total. The van der Waals surface area contributed by atoms with Crippen molar-refractivity contribution >= 4 is 44.0 Å². The summed E-state index contributed by atoms with van der Waals surface area (Å²) in [6.45, 7) is 0. The summed E-state index contributed by atoms with van der Waals surface area (Å²) in [5.41, 5.74) is 10.8. The Labute approximate surface area is 165 Å². The number of tetrazole rings is 1. The summed E-state index contributed by atoms with van der Waals surface area (Å²) in [7, 11) is -9.33. The largest absolute Gasteiger partial charge is 0.399 e. The fraction of sp³-hybridized carbons (Fsp3) is 0. The number of hydrogen-bond acceptors (Lipinski definition) is 9. The third-order valence-corrected chi connectivity index (χ3v) is 4.91. The zero-order valence-electron chi connectivity index (χ0n) is 13.8. The van der Waals surface area contributed by atoms with Crippen LogP contribution in [0.15, 0.2) is 52.5 Å². The summed E-state index contributed by atoms with van der Waals surface area (Å²) in [4.78, 5) is -1.16. The van der Waals surface area contributed by atoms with Crippen LogP contribution in [-0.2, 0) is 20.2 Å². The van der Waals surface area contributed by atoms with E-state index in [1.54, 1.807) is 0 Å². The Bertz CT molecular complexity index is 1060. The Hall–Kier alpha value is -2.78. The molecule has 2 aromatic carbocycles.